The number of carbonyl (C=O) groups excluding carboxylic acids is 1. The molecule has 0 bridgehead atoms. The summed E-state index contributed by atoms with van der Waals surface area (Å²) in [5.41, 5.74) is 1.36. The zero-order valence-corrected chi connectivity index (χ0v) is 15.8. The fourth-order valence-corrected chi connectivity index (χ4v) is 2.76. The van der Waals surface area contributed by atoms with E-state index >= 15 is 0 Å². The third-order valence-corrected chi connectivity index (χ3v) is 4.24. The Kier molecular flexibility index (Phi) is 6.43. The first-order valence-electron chi connectivity index (χ1n) is 8.61. The van der Waals surface area contributed by atoms with Gasteiger partial charge in [0.05, 0.1) is 11.2 Å². The SMILES string of the molecule is O=C(CCc1ncc(-c2ccccc2Cl)o1)NCc1ccc(OC(F)(F)F)cc1. The molecular weight excluding hydrogens is 409 g/mol. The van der Waals surface area contributed by atoms with Gasteiger partial charge in [-0.05, 0) is 29.8 Å². The summed E-state index contributed by atoms with van der Waals surface area (Å²) in [4.78, 5) is 16.2. The molecule has 0 saturated carbocycles. The molecule has 0 fully saturated rings. The van der Waals surface area contributed by atoms with Gasteiger partial charge in [0.15, 0.2) is 11.7 Å². The van der Waals surface area contributed by atoms with Gasteiger partial charge in [0, 0.05) is 24.9 Å². The molecule has 5 nitrogen and oxygen atoms in total. The molecule has 9 heteroatoms. The van der Waals surface area contributed by atoms with Crippen molar-refractivity contribution < 1.29 is 27.1 Å². The average molecular weight is 425 g/mol. The summed E-state index contributed by atoms with van der Waals surface area (Å²) in [7, 11) is 0. The Hall–Kier alpha value is -3.00. The number of hydrogen-bond donors (Lipinski definition) is 1. The van der Waals surface area contributed by atoms with E-state index in [9.17, 15) is 18.0 Å². The highest BCUT2D eigenvalue weighted by molar-refractivity contribution is 6.33. The van der Waals surface area contributed by atoms with Crippen molar-refractivity contribution in [2.75, 3.05) is 0 Å². The molecule has 1 amide bonds. The topological polar surface area (TPSA) is 64.4 Å². The number of aromatic nitrogens is 1. The van der Waals surface area contributed by atoms with Crippen LogP contribution in [0.5, 0.6) is 5.75 Å². The maximum Gasteiger partial charge on any atom is 0.573 e. The van der Waals surface area contributed by atoms with Crippen molar-refractivity contribution in [3.63, 3.8) is 0 Å². The number of halogens is 4. The number of rotatable bonds is 7. The van der Waals surface area contributed by atoms with Crippen molar-refractivity contribution >= 4 is 17.5 Å². The van der Waals surface area contributed by atoms with Crippen LogP contribution < -0.4 is 10.1 Å². The zero-order chi connectivity index (χ0) is 20.9. The van der Waals surface area contributed by atoms with Crippen LogP contribution in [0.4, 0.5) is 13.2 Å². The lowest BCUT2D eigenvalue weighted by Crippen LogP contribution is -2.23. The van der Waals surface area contributed by atoms with Gasteiger partial charge in [-0.15, -0.1) is 13.2 Å². The molecule has 0 saturated heterocycles. The second-order valence-corrected chi connectivity index (χ2v) is 6.47. The van der Waals surface area contributed by atoms with E-state index < -0.39 is 6.36 Å². The number of benzene rings is 2. The molecule has 29 heavy (non-hydrogen) atoms. The van der Waals surface area contributed by atoms with Gasteiger partial charge >= 0.3 is 6.36 Å². The first kappa shape index (κ1) is 20.7. The van der Waals surface area contributed by atoms with Crippen LogP contribution in [0.25, 0.3) is 11.3 Å². The van der Waals surface area contributed by atoms with E-state index in [2.05, 4.69) is 15.0 Å². The van der Waals surface area contributed by atoms with E-state index in [1.54, 1.807) is 12.3 Å². The summed E-state index contributed by atoms with van der Waals surface area (Å²) in [6.07, 6.45) is -2.73. The van der Waals surface area contributed by atoms with Crippen LogP contribution in [-0.4, -0.2) is 17.3 Å². The fourth-order valence-electron chi connectivity index (χ4n) is 2.53. The van der Waals surface area contributed by atoms with Gasteiger partial charge in [0.1, 0.15) is 5.75 Å². The van der Waals surface area contributed by atoms with Crippen molar-refractivity contribution in [2.45, 2.75) is 25.7 Å². The minimum Gasteiger partial charge on any atom is -0.441 e. The van der Waals surface area contributed by atoms with E-state index in [0.29, 0.717) is 28.7 Å². The van der Waals surface area contributed by atoms with Crippen LogP contribution in [0.15, 0.2) is 59.1 Å². The first-order chi connectivity index (χ1) is 13.8. The molecule has 0 unspecified atom stereocenters. The molecule has 152 valence electrons. The van der Waals surface area contributed by atoms with Gasteiger partial charge < -0.3 is 14.5 Å². The van der Waals surface area contributed by atoms with Crippen LogP contribution in [0.2, 0.25) is 5.02 Å². The molecule has 1 aromatic heterocycles. The molecule has 0 spiro atoms. The molecule has 2 aromatic carbocycles. The van der Waals surface area contributed by atoms with Crippen molar-refractivity contribution in [3.8, 4) is 17.1 Å². The van der Waals surface area contributed by atoms with Gasteiger partial charge in [0.2, 0.25) is 5.91 Å². The average Bonchev–Trinajstić information content (AvgIpc) is 3.14. The van der Waals surface area contributed by atoms with Crippen molar-refractivity contribution in [2.24, 2.45) is 0 Å². The molecule has 0 atom stereocenters. The van der Waals surface area contributed by atoms with Crippen LogP contribution in [-0.2, 0) is 17.8 Å². The number of alkyl halides is 3. The van der Waals surface area contributed by atoms with Gasteiger partial charge in [-0.2, -0.15) is 0 Å². The maximum atomic E-state index is 12.1. The number of hydrogen-bond acceptors (Lipinski definition) is 4. The van der Waals surface area contributed by atoms with Crippen molar-refractivity contribution in [1.82, 2.24) is 10.3 Å². The highest BCUT2D eigenvalue weighted by Crippen LogP contribution is 2.28. The molecule has 0 aliphatic carbocycles. The Bertz CT molecular complexity index is 972. The monoisotopic (exact) mass is 424 g/mol. The summed E-state index contributed by atoms with van der Waals surface area (Å²) in [6.45, 7) is 0.182. The molecule has 0 aliphatic heterocycles. The minimum atomic E-state index is -4.73. The molecule has 3 rings (SSSR count). The molecule has 1 N–H and O–H groups in total. The predicted molar refractivity (Wildman–Crippen MR) is 100 cm³/mol. The quantitative estimate of drug-likeness (QED) is 0.570. The summed E-state index contributed by atoms with van der Waals surface area (Å²) in [5.74, 6) is 0.375. The number of oxazole rings is 1. The van der Waals surface area contributed by atoms with E-state index in [1.165, 1.54) is 24.3 Å². The predicted octanol–water partition coefficient (Wildman–Crippen LogP) is 5.14. The molecule has 1 heterocycles. The van der Waals surface area contributed by atoms with Gasteiger partial charge in [-0.3, -0.25) is 4.79 Å². The Balaban J connectivity index is 1.46. The summed E-state index contributed by atoms with van der Waals surface area (Å²) < 4.78 is 45.9. The molecule has 0 radical (unpaired) electrons. The first-order valence-corrected chi connectivity index (χ1v) is 8.99. The molecular formula is C20H16ClF3N2O3. The highest BCUT2D eigenvalue weighted by atomic mass is 35.5. The third-order valence-electron chi connectivity index (χ3n) is 3.91. The fraction of sp³-hybridized carbons (Fsp3) is 0.200. The smallest absolute Gasteiger partial charge is 0.441 e. The number of ether oxygens (including phenoxy) is 1. The zero-order valence-electron chi connectivity index (χ0n) is 15.0. The van der Waals surface area contributed by atoms with Crippen LogP contribution >= 0.6 is 11.6 Å². The Labute approximate surface area is 169 Å². The van der Waals surface area contributed by atoms with E-state index in [4.69, 9.17) is 16.0 Å². The van der Waals surface area contributed by atoms with Crippen LogP contribution in [0.1, 0.15) is 17.9 Å². The Morgan fingerprint density at radius 2 is 1.86 bits per heavy atom. The van der Waals surface area contributed by atoms with Gasteiger partial charge in [-0.25, -0.2) is 4.98 Å². The minimum absolute atomic E-state index is 0.151. The second-order valence-electron chi connectivity index (χ2n) is 6.07. The lowest BCUT2D eigenvalue weighted by Gasteiger charge is -2.09. The van der Waals surface area contributed by atoms with Crippen LogP contribution in [0.3, 0.4) is 0 Å². The lowest BCUT2D eigenvalue weighted by molar-refractivity contribution is -0.274. The number of nitrogens with one attached hydrogen (secondary N) is 1. The van der Waals surface area contributed by atoms with E-state index in [-0.39, 0.29) is 24.6 Å². The number of amides is 1. The Morgan fingerprint density at radius 3 is 2.55 bits per heavy atom. The maximum absolute atomic E-state index is 12.1. The normalized spacial score (nSPS) is 11.3. The molecule has 3 aromatic rings. The summed E-state index contributed by atoms with van der Waals surface area (Å²) in [5, 5.41) is 3.23. The van der Waals surface area contributed by atoms with Crippen molar-refractivity contribution in [1.29, 1.82) is 0 Å². The van der Waals surface area contributed by atoms with E-state index in [0.717, 1.165) is 5.56 Å². The standard InChI is InChI=1S/C20H16ClF3N2O3/c21-16-4-2-1-3-15(16)17-12-26-19(28-17)10-9-18(27)25-11-13-5-7-14(8-6-13)29-20(22,23)24/h1-8,12H,9-11H2,(H,25,27). The molecule has 0 aliphatic rings. The van der Waals surface area contributed by atoms with Gasteiger partial charge in [-0.1, -0.05) is 35.9 Å². The second kappa shape index (κ2) is 9.00. The number of nitrogens with zero attached hydrogens (tertiary/aromatic N) is 1. The third kappa shape index (κ3) is 6.25. The highest BCUT2D eigenvalue weighted by Gasteiger charge is 2.30. The number of aryl methyl sites for hydroxylation is 1. The Morgan fingerprint density at radius 1 is 1.14 bits per heavy atom. The van der Waals surface area contributed by atoms with Gasteiger partial charge in [0.25, 0.3) is 0 Å². The van der Waals surface area contributed by atoms with Crippen molar-refractivity contribution in [3.05, 3.63) is 71.2 Å². The lowest BCUT2D eigenvalue weighted by atomic mass is 10.2. The largest absolute Gasteiger partial charge is 0.573 e. The summed E-state index contributed by atoms with van der Waals surface area (Å²) in [6, 6.07) is 12.5. The number of carbonyl (C=O) groups is 1. The summed E-state index contributed by atoms with van der Waals surface area (Å²) >= 11 is 6.12. The van der Waals surface area contributed by atoms with E-state index in [1.807, 2.05) is 18.2 Å². The van der Waals surface area contributed by atoms with Crippen LogP contribution in [0, 0.1) is 0 Å².